The van der Waals surface area contributed by atoms with Gasteiger partial charge in [0.25, 0.3) is 5.56 Å². The number of carbonyl (C=O) groups excluding carboxylic acids is 1. The Kier molecular flexibility index (Phi) is 6.17. The Morgan fingerprint density at radius 1 is 1.00 bits per heavy atom. The molecular formula is C27H19FN4O2S. The number of aryl methyl sites for hydroxylation is 1. The summed E-state index contributed by atoms with van der Waals surface area (Å²) in [4.78, 5) is 31.2. The lowest BCUT2D eigenvalue weighted by atomic mass is 10.1. The van der Waals surface area contributed by atoms with Crippen LogP contribution < -0.4 is 5.56 Å². The molecule has 2 aromatic heterocycles. The Morgan fingerprint density at radius 2 is 1.71 bits per heavy atom. The zero-order valence-corrected chi connectivity index (χ0v) is 19.3. The van der Waals surface area contributed by atoms with E-state index in [0.29, 0.717) is 29.4 Å². The third kappa shape index (κ3) is 4.22. The lowest BCUT2D eigenvalue weighted by molar-refractivity contribution is 0.102. The molecule has 3 aromatic carbocycles. The van der Waals surface area contributed by atoms with Crippen molar-refractivity contribution in [3.8, 4) is 11.8 Å². The number of halogens is 1. The number of nitriles is 1. The third-order valence-electron chi connectivity index (χ3n) is 5.72. The van der Waals surface area contributed by atoms with Gasteiger partial charge >= 0.3 is 0 Å². The summed E-state index contributed by atoms with van der Waals surface area (Å²) in [5, 5.41) is 10.4. The second kappa shape index (κ2) is 9.57. The van der Waals surface area contributed by atoms with Gasteiger partial charge in [0.15, 0.2) is 10.9 Å². The predicted molar refractivity (Wildman–Crippen MR) is 135 cm³/mol. The maximum Gasteiger partial charge on any atom is 0.266 e. The summed E-state index contributed by atoms with van der Waals surface area (Å²) in [5.74, 6) is -0.698. The number of aromatic nitrogens is 3. The van der Waals surface area contributed by atoms with E-state index >= 15 is 0 Å². The molecular weight excluding hydrogens is 463 g/mol. The SMILES string of the molecule is N#CCCn1cc(C(=O)CSc2nc3ccccc3c(=O)n2-c2ccccc2F)c2ccccc21. The molecule has 0 fully saturated rings. The molecule has 6 nitrogen and oxygen atoms in total. The number of ketones is 1. The number of benzene rings is 3. The highest BCUT2D eigenvalue weighted by Crippen LogP contribution is 2.27. The van der Waals surface area contributed by atoms with Crippen LogP contribution in [-0.4, -0.2) is 25.7 Å². The first-order chi connectivity index (χ1) is 17.1. The fourth-order valence-corrected chi connectivity index (χ4v) is 4.98. The van der Waals surface area contributed by atoms with Crippen molar-refractivity contribution in [3.63, 3.8) is 0 Å². The van der Waals surface area contributed by atoms with E-state index in [4.69, 9.17) is 5.26 Å². The molecule has 0 saturated carbocycles. The van der Waals surface area contributed by atoms with Crippen LogP contribution in [0, 0.1) is 17.1 Å². The zero-order chi connectivity index (χ0) is 24.4. The van der Waals surface area contributed by atoms with Crippen LogP contribution in [0.1, 0.15) is 16.8 Å². The van der Waals surface area contributed by atoms with Crippen molar-refractivity contribution in [1.29, 1.82) is 5.26 Å². The van der Waals surface area contributed by atoms with E-state index in [1.807, 2.05) is 28.8 Å². The van der Waals surface area contributed by atoms with Gasteiger partial charge in [-0.25, -0.2) is 9.37 Å². The molecule has 0 unspecified atom stereocenters. The standard InChI is InChI=1S/C27H19FN4O2S/c28-21-10-3-6-13-24(21)32-26(34)19-9-1-4-11-22(19)30-27(32)35-17-25(33)20-16-31(15-7-14-29)23-12-5-2-8-18(20)23/h1-6,8-13,16H,7,15,17H2. The predicted octanol–water partition coefficient (Wildman–Crippen LogP) is 5.37. The van der Waals surface area contributed by atoms with E-state index in [2.05, 4.69) is 11.1 Å². The summed E-state index contributed by atoms with van der Waals surface area (Å²) in [6.45, 7) is 0.483. The van der Waals surface area contributed by atoms with Crippen LogP contribution in [0.15, 0.2) is 88.9 Å². The van der Waals surface area contributed by atoms with Gasteiger partial charge in [-0.1, -0.05) is 54.2 Å². The highest BCUT2D eigenvalue weighted by atomic mass is 32.2. The number of rotatable bonds is 7. The van der Waals surface area contributed by atoms with Crippen molar-refractivity contribution in [2.24, 2.45) is 0 Å². The molecule has 0 spiro atoms. The first-order valence-electron chi connectivity index (χ1n) is 11.0. The molecule has 0 N–H and O–H groups in total. The Bertz CT molecular complexity index is 1680. The molecule has 5 aromatic rings. The van der Waals surface area contributed by atoms with E-state index in [0.717, 1.165) is 22.7 Å². The van der Waals surface area contributed by atoms with Crippen molar-refractivity contribution in [2.45, 2.75) is 18.1 Å². The van der Waals surface area contributed by atoms with Crippen LogP contribution in [0.2, 0.25) is 0 Å². The summed E-state index contributed by atoms with van der Waals surface area (Å²) < 4.78 is 17.8. The Balaban J connectivity index is 1.54. The molecule has 0 bridgehead atoms. The molecule has 0 saturated heterocycles. The van der Waals surface area contributed by atoms with Gasteiger partial charge in [-0.3, -0.25) is 14.2 Å². The highest BCUT2D eigenvalue weighted by Gasteiger charge is 2.19. The van der Waals surface area contributed by atoms with E-state index in [1.165, 1.54) is 16.7 Å². The summed E-state index contributed by atoms with van der Waals surface area (Å²) in [6, 6.07) is 22.5. The Labute approximate surface area is 204 Å². The topological polar surface area (TPSA) is 80.7 Å². The summed E-state index contributed by atoms with van der Waals surface area (Å²) in [6.07, 6.45) is 2.10. The maximum absolute atomic E-state index is 14.7. The number of fused-ring (bicyclic) bond motifs is 2. The zero-order valence-electron chi connectivity index (χ0n) is 18.5. The second-order valence-corrected chi connectivity index (χ2v) is 8.82. The second-order valence-electron chi connectivity index (χ2n) is 7.88. The highest BCUT2D eigenvalue weighted by molar-refractivity contribution is 7.99. The van der Waals surface area contributed by atoms with Crippen molar-refractivity contribution in [3.05, 3.63) is 101 Å². The number of para-hydroxylation sites is 3. The molecule has 8 heteroatoms. The minimum atomic E-state index is -0.555. The lowest BCUT2D eigenvalue weighted by Crippen LogP contribution is -2.23. The van der Waals surface area contributed by atoms with Crippen LogP contribution in [-0.2, 0) is 6.54 Å². The van der Waals surface area contributed by atoms with Gasteiger partial charge in [0.2, 0.25) is 0 Å². The van der Waals surface area contributed by atoms with Crippen LogP contribution in [0.4, 0.5) is 4.39 Å². The first kappa shape index (κ1) is 22.6. The van der Waals surface area contributed by atoms with E-state index in [-0.39, 0.29) is 22.4 Å². The number of hydrogen-bond acceptors (Lipinski definition) is 5. The van der Waals surface area contributed by atoms with Gasteiger partial charge in [-0.15, -0.1) is 0 Å². The number of thioether (sulfide) groups is 1. The molecule has 172 valence electrons. The van der Waals surface area contributed by atoms with Gasteiger partial charge in [0.1, 0.15) is 5.82 Å². The Morgan fingerprint density at radius 3 is 2.51 bits per heavy atom. The van der Waals surface area contributed by atoms with Crippen LogP contribution in [0.5, 0.6) is 0 Å². The van der Waals surface area contributed by atoms with Crippen molar-refractivity contribution in [1.82, 2.24) is 14.1 Å². The molecule has 35 heavy (non-hydrogen) atoms. The number of carbonyl (C=O) groups is 1. The summed E-state index contributed by atoms with van der Waals surface area (Å²) in [7, 11) is 0. The van der Waals surface area contributed by atoms with E-state index < -0.39 is 11.4 Å². The quantitative estimate of drug-likeness (QED) is 0.177. The third-order valence-corrected chi connectivity index (χ3v) is 6.66. The average molecular weight is 483 g/mol. The Hall–Kier alpha value is -4.22. The fourth-order valence-electron chi connectivity index (χ4n) is 4.09. The van der Waals surface area contributed by atoms with Crippen LogP contribution >= 0.6 is 11.8 Å². The molecule has 0 aliphatic rings. The number of nitrogens with zero attached hydrogens (tertiary/aromatic N) is 4. The van der Waals surface area contributed by atoms with Crippen LogP contribution in [0.25, 0.3) is 27.5 Å². The van der Waals surface area contributed by atoms with Gasteiger partial charge in [-0.2, -0.15) is 5.26 Å². The normalized spacial score (nSPS) is 11.1. The van der Waals surface area contributed by atoms with E-state index in [1.54, 1.807) is 42.6 Å². The monoisotopic (exact) mass is 482 g/mol. The summed E-state index contributed by atoms with van der Waals surface area (Å²) >= 11 is 1.09. The number of Topliss-reactive ketones (excluding diaryl/α,β-unsaturated/α-hetero) is 1. The largest absolute Gasteiger partial charge is 0.346 e. The molecule has 0 radical (unpaired) electrons. The fraction of sp³-hybridized carbons (Fsp3) is 0.111. The maximum atomic E-state index is 14.7. The average Bonchev–Trinajstić information content (AvgIpc) is 3.25. The molecule has 0 aliphatic heterocycles. The first-order valence-corrected chi connectivity index (χ1v) is 11.9. The van der Waals surface area contributed by atoms with Gasteiger partial charge in [0.05, 0.1) is 34.8 Å². The molecule has 0 aliphatic carbocycles. The van der Waals surface area contributed by atoms with Crippen LogP contribution in [0.3, 0.4) is 0 Å². The lowest BCUT2D eigenvalue weighted by Gasteiger charge is -2.13. The minimum Gasteiger partial charge on any atom is -0.346 e. The molecule has 0 atom stereocenters. The minimum absolute atomic E-state index is 0.00545. The van der Waals surface area contributed by atoms with Gasteiger partial charge in [-0.05, 0) is 30.3 Å². The molecule has 5 rings (SSSR count). The van der Waals surface area contributed by atoms with E-state index in [9.17, 15) is 14.0 Å². The van der Waals surface area contributed by atoms with Crippen molar-refractivity contribution >= 4 is 39.4 Å². The van der Waals surface area contributed by atoms with Gasteiger partial charge in [0, 0.05) is 29.2 Å². The van der Waals surface area contributed by atoms with Crippen molar-refractivity contribution < 1.29 is 9.18 Å². The molecule has 0 amide bonds. The van der Waals surface area contributed by atoms with Crippen molar-refractivity contribution in [2.75, 3.05) is 5.75 Å². The number of hydrogen-bond donors (Lipinski definition) is 0. The molecule has 2 heterocycles. The smallest absolute Gasteiger partial charge is 0.266 e. The van der Waals surface area contributed by atoms with Gasteiger partial charge < -0.3 is 4.57 Å². The summed E-state index contributed by atoms with van der Waals surface area (Å²) in [5.41, 5.74) is 1.57.